The molecule has 0 saturated heterocycles. The molecule has 88 valence electrons. The van der Waals surface area contributed by atoms with Gasteiger partial charge in [-0.3, -0.25) is 9.59 Å². The van der Waals surface area contributed by atoms with Gasteiger partial charge in [-0.15, -0.1) is 0 Å². The molecule has 0 fully saturated rings. The van der Waals surface area contributed by atoms with E-state index in [1.807, 2.05) is 0 Å². The van der Waals surface area contributed by atoms with Gasteiger partial charge in [-0.1, -0.05) is 24.3 Å². The second kappa shape index (κ2) is 4.10. The summed E-state index contributed by atoms with van der Waals surface area (Å²) in [5.41, 5.74) is 0.502. The van der Waals surface area contributed by atoms with Crippen LogP contribution in [0.1, 0.15) is 27.6 Å². The van der Waals surface area contributed by atoms with Crippen LogP contribution in [-0.4, -0.2) is 34.9 Å². The van der Waals surface area contributed by atoms with Gasteiger partial charge in [0.1, 0.15) is 6.10 Å². The summed E-state index contributed by atoms with van der Waals surface area (Å²) in [6.45, 7) is 1.21. The van der Waals surface area contributed by atoms with E-state index in [0.29, 0.717) is 0 Å². The first-order valence-electron chi connectivity index (χ1n) is 5.08. The summed E-state index contributed by atoms with van der Waals surface area (Å²) >= 11 is 0. The maximum absolute atomic E-state index is 11.8. The molecule has 0 amide bonds. The molecule has 1 unspecified atom stereocenters. The molecule has 0 saturated carbocycles. The van der Waals surface area contributed by atoms with E-state index in [1.54, 1.807) is 12.1 Å². The van der Waals surface area contributed by atoms with Gasteiger partial charge < -0.3 is 9.84 Å². The van der Waals surface area contributed by atoms with Crippen molar-refractivity contribution in [1.82, 2.24) is 0 Å². The maximum atomic E-state index is 11.8. The number of hydrogen-bond acceptors (Lipinski definition) is 5. The lowest BCUT2D eigenvalue weighted by molar-refractivity contribution is -0.154. The second-order valence-corrected chi connectivity index (χ2v) is 3.77. The molecular weight excluding hydrogens is 224 g/mol. The van der Waals surface area contributed by atoms with E-state index < -0.39 is 29.7 Å². The Morgan fingerprint density at radius 1 is 1.24 bits per heavy atom. The highest BCUT2D eigenvalue weighted by Crippen LogP contribution is 2.24. The summed E-state index contributed by atoms with van der Waals surface area (Å²) in [7, 11) is 0. The Morgan fingerprint density at radius 3 is 2.12 bits per heavy atom. The summed E-state index contributed by atoms with van der Waals surface area (Å²) in [5.74, 6) is -2.07. The number of ether oxygens (including phenoxy) is 1. The van der Waals surface area contributed by atoms with Crippen molar-refractivity contribution in [3.8, 4) is 0 Å². The quantitative estimate of drug-likeness (QED) is 0.590. The molecule has 1 aliphatic carbocycles. The monoisotopic (exact) mass is 234 g/mol. The molecule has 1 aliphatic rings. The molecule has 17 heavy (non-hydrogen) atoms. The summed E-state index contributed by atoms with van der Waals surface area (Å²) in [6.07, 6.45) is -2.81. The minimum atomic E-state index is -1.45. The highest BCUT2D eigenvalue weighted by Gasteiger charge is 2.41. The molecule has 1 aromatic carbocycles. The molecule has 5 nitrogen and oxygen atoms in total. The van der Waals surface area contributed by atoms with Crippen LogP contribution in [0.2, 0.25) is 0 Å². The largest absolute Gasteiger partial charge is 0.444 e. The zero-order valence-electron chi connectivity index (χ0n) is 9.04. The van der Waals surface area contributed by atoms with E-state index in [0.717, 1.165) is 0 Å². The van der Waals surface area contributed by atoms with Gasteiger partial charge in [0, 0.05) is 11.1 Å². The van der Waals surface area contributed by atoms with Crippen LogP contribution in [0.5, 0.6) is 0 Å². The van der Waals surface area contributed by atoms with Gasteiger partial charge in [-0.2, -0.15) is 0 Å². The van der Waals surface area contributed by atoms with Crippen molar-refractivity contribution in [2.75, 3.05) is 0 Å². The third-order valence-corrected chi connectivity index (χ3v) is 2.51. The Hall–Kier alpha value is -2.01. The standard InChI is InChI=1S/C12H10O5/c1-6(13)12(16)17-11-9(14)7-4-2-3-5-8(7)10(11)15/h2-6,11,13H,1H3. The Bertz CT molecular complexity index is 468. The summed E-state index contributed by atoms with van der Waals surface area (Å²) < 4.78 is 4.69. The van der Waals surface area contributed by atoms with Crippen LogP contribution in [-0.2, 0) is 9.53 Å². The van der Waals surface area contributed by atoms with E-state index >= 15 is 0 Å². The third-order valence-electron chi connectivity index (χ3n) is 2.51. The Labute approximate surface area is 97.0 Å². The molecule has 5 heteroatoms. The van der Waals surface area contributed by atoms with Gasteiger partial charge in [0.25, 0.3) is 0 Å². The van der Waals surface area contributed by atoms with Crippen LogP contribution in [0.25, 0.3) is 0 Å². The number of ketones is 2. The molecule has 1 atom stereocenters. The van der Waals surface area contributed by atoms with Gasteiger partial charge in [0.05, 0.1) is 0 Å². The first kappa shape index (κ1) is 11.5. The van der Waals surface area contributed by atoms with Crippen LogP contribution in [0.3, 0.4) is 0 Å². The lowest BCUT2D eigenvalue weighted by atomic mass is 10.1. The normalized spacial score (nSPS) is 16.8. The first-order chi connectivity index (χ1) is 8.02. The minimum Gasteiger partial charge on any atom is -0.444 e. The average Bonchev–Trinajstić information content (AvgIpc) is 2.55. The Balaban J connectivity index is 2.28. The van der Waals surface area contributed by atoms with Gasteiger partial charge in [-0.05, 0) is 6.92 Å². The summed E-state index contributed by atoms with van der Waals surface area (Å²) in [5, 5.41) is 8.97. The predicted octanol–water partition coefficient (Wildman–Crippen LogP) is 0.358. The number of benzene rings is 1. The highest BCUT2D eigenvalue weighted by molar-refractivity contribution is 6.29. The number of Topliss-reactive ketones (excluding diaryl/α,β-unsaturated/α-hetero) is 2. The zero-order valence-corrected chi connectivity index (χ0v) is 9.04. The summed E-state index contributed by atoms with van der Waals surface area (Å²) in [4.78, 5) is 34.7. The number of aliphatic hydroxyl groups excluding tert-OH is 1. The van der Waals surface area contributed by atoms with Crippen molar-refractivity contribution in [3.05, 3.63) is 35.4 Å². The fraction of sp³-hybridized carbons (Fsp3) is 0.250. The highest BCUT2D eigenvalue weighted by atomic mass is 16.6. The molecule has 0 spiro atoms. The van der Waals surface area contributed by atoms with Gasteiger partial charge in [0.15, 0.2) is 0 Å². The first-order valence-corrected chi connectivity index (χ1v) is 5.08. The molecule has 2 rings (SSSR count). The van der Waals surface area contributed by atoms with Gasteiger partial charge in [-0.25, -0.2) is 4.79 Å². The Kier molecular flexibility index (Phi) is 2.77. The fourth-order valence-corrected chi connectivity index (χ4v) is 1.64. The van der Waals surface area contributed by atoms with Crippen molar-refractivity contribution in [2.24, 2.45) is 0 Å². The van der Waals surface area contributed by atoms with Crippen molar-refractivity contribution in [3.63, 3.8) is 0 Å². The van der Waals surface area contributed by atoms with E-state index in [4.69, 9.17) is 9.84 Å². The van der Waals surface area contributed by atoms with Gasteiger partial charge >= 0.3 is 5.97 Å². The number of rotatable bonds is 2. The second-order valence-electron chi connectivity index (χ2n) is 3.77. The molecule has 1 N–H and O–H groups in total. The molecular formula is C12H10O5. The van der Waals surface area contributed by atoms with E-state index in [9.17, 15) is 14.4 Å². The predicted molar refractivity (Wildman–Crippen MR) is 56.7 cm³/mol. The van der Waals surface area contributed by atoms with Crippen molar-refractivity contribution < 1.29 is 24.2 Å². The molecule has 0 heterocycles. The number of aliphatic hydroxyl groups is 1. The minimum absolute atomic E-state index is 0.251. The van der Waals surface area contributed by atoms with Crippen molar-refractivity contribution >= 4 is 17.5 Å². The van der Waals surface area contributed by atoms with Crippen LogP contribution in [0.4, 0.5) is 0 Å². The summed E-state index contributed by atoms with van der Waals surface area (Å²) in [6, 6.07) is 6.27. The third kappa shape index (κ3) is 1.85. The SMILES string of the molecule is CC(O)C(=O)OC1C(=O)c2ccccc2C1=O. The van der Waals surface area contributed by atoms with E-state index in [1.165, 1.54) is 19.1 Å². The maximum Gasteiger partial charge on any atom is 0.335 e. The zero-order chi connectivity index (χ0) is 12.6. The van der Waals surface area contributed by atoms with E-state index in [-0.39, 0.29) is 11.1 Å². The van der Waals surface area contributed by atoms with Crippen molar-refractivity contribution in [1.29, 1.82) is 0 Å². The molecule has 0 bridgehead atoms. The van der Waals surface area contributed by atoms with Crippen LogP contribution < -0.4 is 0 Å². The molecule has 0 radical (unpaired) electrons. The smallest absolute Gasteiger partial charge is 0.335 e. The number of esters is 1. The van der Waals surface area contributed by atoms with E-state index in [2.05, 4.69) is 0 Å². The fourth-order valence-electron chi connectivity index (χ4n) is 1.64. The number of carbonyl (C=O) groups excluding carboxylic acids is 3. The topological polar surface area (TPSA) is 80.7 Å². The molecule has 1 aromatic rings. The van der Waals surface area contributed by atoms with Crippen molar-refractivity contribution in [2.45, 2.75) is 19.1 Å². The average molecular weight is 234 g/mol. The number of carbonyl (C=O) groups is 3. The molecule has 0 aliphatic heterocycles. The van der Waals surface area contributed by atoms with Crippen LogP contribution in [0.15, 0.2) is 24.3 Å². The van der Waals surface area contributed by atoms with Crippen LogP contribution in [0, 0.1) is 0 Å². The molecule has 0 aromatic heterocycles. The Morgan fingerprint density at radius 2 is 1.71 bits per heavy atom. The number of fused-ring (bicyclic) bond motifs is 1. The lowest BCUT2D eigenvalue weighted by Crippen LogP contribution is -2.32. The van der Waals surface area contributed by atoms with Gasteiger partial charge in [0.2, 0.25) is 17.7 Å². The number of hydrogen-bond donors (Lipinski definition) is 1. The van der Waals surface area contributed by atoms with Crippen LogP contribution >= 0.6 is 0 Å². The lowest BCUT2D eigenvalue weighted by Gasteiger charge is -2.10.